The van der Waals surface area contributed by atoms with Crippen molar-refractivity contribution in [1.82, 2.24) is 4.98 Å². The van der Waals surface area contributed by atoms with Crippen molar-refractivity contribution in [3.8, 4) is 0 Å². The maximum atomic E-state index is 13.6. The minimum absolute atomic E-state index is 0.0490. The molecule has 3 heterocycles. The molecule has 0 unspecified atom stereocenters. The SMILES string of the molecule is O=C1c2oc3ccccc3c(=O)c2[C@@H](c2cccc(Cl)c2)N1c1nc2ccccc2s1. The third-order valence-corrected chi connectivity index (χ3v) is 6.70. The fourth-order valence-corrected chi connectivity index (χ4v) is 5.26. The maximum absolute atomic E-state index is 13.6. The van der Waals surface area contributed by atoms with Crippen molar-refractivity contribution in [3.05, 3.63) is 105 Å². The average Bonchev–Trinajstić information content (AvgIpc) is 3.33. The molecule has 0 bridgehead atoms. The number of carbonyl (C=O) groups is 1. The molecule has 0 N–H and O–H groups in total. The van der Waals surface area contributed by atoms with Crippen LogP contribution in [0, 0.1) is 0 Å². The Morgan fingerprint density at radius 1 is 0.968 bits per heavy atom. The zero-order chi connectivity index (χ0) is 21.1. The molecule has 5 aromatic rings. The van der Waals surface area contributed by atoms with Gasteiger partial charge in [0, 0.05) is 5.02 Å². The summed E-state index contributed by atoms with van der Waals surface area (Å²) in [7, 11) is 0. The first-order valence-electron chi connectivity index (χ1n) is 9.62. The fraction of sp³-hybridized carbons (Fsp3) is 0.0417. The standard InChI is InChI=1S/C24H13ClN2O3S/c25-14-7-5-6-13(12-14)20-19-21(28)15-8-1-3-10-17(15)30-22(19)23(29)27(20)24-26-16-9-2-4-11-18(16)31-24/h1-12,20H/t20-/m1/s1. The van der Waals surface area contributed by atoms with Gasteiger partial charge in [0.15, 0.2) is 10.6 Å². The Bertz CT molecular complexity index is 1540. The van der Waals surface area contributed by atoms with E-state index in [9.17, 15) is 9.59 Å². The van der Waals surface area contributed by atoms with Crippen LogP contribution < -0.4 is 10.3 Å². The first-order valence-corrected chi connectivity index (χ1v) is 10.8. The largest absolute Gasteiger partial charge is 0.450 e. The molecule has 1 atom stereocenters. The highest BCUT2D eigenvalue weighted by Gasteiger charge is 2.45. The molecule has 2 aromatic heterocycles. The number of hydrogen-bond donors (Lipinski definition) is 0. The van der Waals surface area contributed by atoms with E-state index in [2.05, 4.69) is 4.98 Å². The van der Waals surface area contributed by atoms with Crippen molar-refractivity contribution in [2.75, 3.05) is 4.90 Å². The quantitative estimate of drug-likeness (QED) is 0.345. The van der Waals surface area contributed by atoms with Crippen molar-refractivity contribution < 1.29 is 9.21 Å². The van der Waals surface area contributed by atoms with E-state index in [1.165, 1.54) is 11.3 Å². The minimum Gasteiger partial charge on any atom is -0.450 e. The molecule has 7 heteroatoms. The molecular formula is C24H13ClN2O3S. The number of para-hydroxylation sites is 2. The van der Waals surface area contributed by atoms with Crippen LogP contribution in [0.5, 0.6) is 0 Å². The van der Waals surface area contributed by atoms with Gasteiger partial charge in [-0.2, -0.15) is 0 Å². The highest BCUT2D eigenvalue weighted by molar-refractivity contribution is 7.22. The molecule has 0 saturated carbocycles. The molecule has 1 amide bonds. The van der Waals surface area contributed by atoms with Gasteiger partial charge in [0.2, 0.25) is 5.76 Å². The molecule has 0 radical (unpaired) electrons. The maximum Gasteiger partial charge on any atom is 0.297 e. The van der Waals surface area contributed by atoms with Gasteiger partial charge in [-0.05, 0) is 42.0 Å². The fourth-order valence-electron chi connectivity index (χ4n) is 4.07. The Morgan fingerprint density at radius 3 is 2.61 bits per heavy atom. The lowest BCUT2D eigenvalue weighted by atomic mass is 9.99. The Morgan fingerprint density at radius 2 is 1.77 bits per heavy atom. The van der Waals surface area contributed by atoms with E-state index < -0.39 is 6.04 Å². The smallest absolute Gasteiger partial charge is 0.297 e. The Hall–Kier alpha value is -3.48. The minimum atomic E-state index is -0.678. The molecule has 0 aliphatic carbocycles. The van der Waals surface area contributed by atoms with E-state index in [0.717, 1.165) is 15.8 Å². The first kappa shape index (κ1) is 18.3. The highest BCUT2D eigenvalue weighted by Crippen LogP contribution is 2.43. The third-order valence-electron chi connectivity index (χ3n) is 5.43. The van der Waals surface area contributed by atoms with E-state index in [-0.39, 0.29) is 17.1 Å². The number of fused-ring (bicyclic) bond motifs is 3. The molecule has 5 nitrogen and oxygen atoms in total. The van der Waals surface area contributed by atoms with Gasteiger partial charge in [-0.3, -0.25) is 14.5 Å². The molecule has 0 fully saturated rings. The number of halogens is 1. The zero-order valence-electron chi connectivity index (χ0n) is 15.9. The second-order valence-electron chi connectivity index (χ2n) is 7.27. The zero-order valence-corrected chi connectivity index (χ0v) is 17.5. The van der Waals surface area contributed by atoms with E-state index in [0.29, 0.717) is 26.7 Å². The molecular weight excluding hydrogens is 432 g/mol. The number of rotatable bonds is 2. The number of carbonyl (C=O) groups excluding carboxylic acids is 1. The number of anilines is 1. The van der Waals surface area contributed by atoms with Gasteiger partial charge >= 0.3 is 0 Å². The summed E-state index contributed by atoms with van der Waals surface area (Å²) in [4.78, 5) is 33.3. The van der Waals surface area contributed by atoms with Crippen molar-refractivity contribution in [2.45, 2.75) is 6.04 Å². The van der Waals surface area contributed by atoms with Gasteiger partial charge in [0.1, 0.15) is 5.58 Å². The second-order valence-corrected chi connectivity index (χ2v) is 8.71. The van der Waals surface area contributed by atoms with E-state index in [4.69, 9.17) is 16.0 Å². The van der Waals surface area contributed by atoms with Crippen LogP contribution >= 0.6 is 22.9 Å². The van der Waals surface area contributed by atoms with Crippen LogP contribution in [0.3, 0.4) is 0 Å². The lowest BCUT2D eigenvalue weighted by molar-refractivity contribution is 0.0971. The Balaban J connectivity index is 1.66. The number of thiazole rings is 1. The van der Waals surface area contributed by atoms with Crippen molar-refractivity contribution in [2.24, 2.45) is 0 Å². The number of aromatic nitrogens is 1. The number of hydrogen-bond acceptors (Lipinski definition) is 5. The summed E-state index contributed by atoms with van der Waals surface area (Å²) >= 11 is 7.66. The topological polar surface area (TPSA) is 63.4 Å². The molecule has 150 valence electrons. The predicted octanol–water partition coefficient (Wildman–Crippen LogP) is 5.81. The summed E-state index contributed by atoms with van der Waals surface area (Å²) in [5, 5.41) is 1.46. The van der Waals surface area contributed by atoms with Crippen LogP contribution in [0.2, 0.25) is 5.02 Å². The first-order chi connectivity index (χ1) is 15.1. The second kappa shape index (κ2) is 6.77. The molecule has 1 aliphatic heterocycles. The summed E-state index contributed by atoms with van der Waals surface area (Å²) in [5.41, 5.74) is 1.99. The van der Waals surface area contributed by atoms with Gasteiger partial charge in [-0.15, -0.1) is 0 Å². The summed E-state index contributed by atoms with van der Waals surface area (Å²) in [6, 6.07) is 21.1. The van der Waals surface area contributed by atoms with E-state index >= 15 is 0 Å². The van der Waals surface area contributed by atoms with Crippen molar-refractivity contribution in [1.29, 1.82) is 0 Å². The van der Waals surface area contributed by atoms with Crippen LogP contribution in [-0.2, 0) is 0 Å². The van der Waals surface area contributed by atoms with Gasteiger partial charge in [0.05, 0.1) is 27.2 Å². The average molecular weight is 445 g/mol. The summed E-state index contributed by atoms with van der Waals surface area (Å²) in [6.07, 6.45) is 0. The Labute approximate surface area is 185 Å². The van der Waals surface area contributed by atoms with Gasteiger partial charge in [-0.25, -0.2) is 4.98 Å². The lowest BCUT2D eigenvalue weighted by Gasteiger charge is -2.22. The molecule has 6 rings (SSSR count). The van der Waals surface area contributed by atoms with E-state index in [1.54, 1.807) is 47.4 Å². The van der Waals surface area contributed by atoms with Gasteiger partial charge < -0.3 is 4.42 Å². The Kier molecular flexibility index (Phi) is 4.00. The van der Waals surface area contributed by atoms with Crippen LogP contribution in [0.1, 0.15) is 27.7 Å². The molecule has 31 heavy (non-hydrogen) atoms. The van der Waals surface area contributed by atoms with Crippen LogP contribution in [0.15, 0.2) is 82.0 Å². The van der Waals surface area contributed by atoms with Crippen LogP contribution in [0.25, 0.3) is 21.2 Å². The molecule has 3 aromatic carbocycles. The predicted molar refractivity (Wildman–Crippen MR) is 122 cm³/mol. The summed E-state index contributed by atoms with van der Waals surface area (Å²) < 4.78 is 6.91. The summed E-state index contributed by atoms with van der Waals surface area (Å²) in [5.74, 6) is -0.338. The van der Waals surface area contributed by atoms with Gasteiger partial charge in [0.25, 0.3) is 5.91 Å². The normalized spacial score (nSPS) is 15.7. The molecule has 0 spiro atoms. The highest BCUT2D eigenvalue weighted by atomic mass is 35.5. The number of nitrogens with zero attached hydrogens (tertiary/aromatic N) is 2. The van der Waals surface area contributed by atoms with Gasteiger partial charge in [-0.1, -0.05) is 59.3 Å². The van der Waals surface area contributed by atoms with Crippen molar-refractivity contribution >= 4 is 55.2 Å². The monoisotopic (exact) mass is 444 g/mol. The van der Waals surface area contributed by atoms with Crippen LogP contribution in [-0.4, -0.2) is 10.9 Å². The number of benzene rings is 3. The molecule has 1 aliphatic rings. The number of amides is 1. The van der Waals surface area contributed by atoms with Crippen molar-refractivity contribution in [3.63, 3.8) is 0 Å². The van der Waals surface area contributed by atoms with E-state index in [1.807, 2.05) is 30.3 Å². The molecule has 0 saturated heterocycles. The van der Waals surface area contributed by atoms with Crippen LogP contribution in [0.4, 0.5) is 5.13 Å². The third kappa shape index (κ3) is 2.72. The summed E-state index contributed by atoms with van der Waals surface area (Å²) in [6.45, 7) is 0. The lowest BCUT2D eigenvalue weighted by Crippen LogP contribution is -2.29.